The van der Waals surface area contributed by atoms with E-state index in [0.29, 0.717) is 18.0 Å². The number of halogens is 1. The van der Waals surface area contributed by atoms with Gasteiger partial charge in [-0.15, -0.1) is 11.3 Å². The second-order valence-electron chi connectivity index (χ2n) is 4.92. The van der Waals surface area contributed by atoms with Crippen molar-refractivity contribution in [1.82, 2.24) is 9.62 Å². The number of hydrogen-bond donors (Lipinski definition) is 1. The predicted octanol–water partition coefficient (Wildman–Crippen LogP) is 2.38. The quantitative estimate of drug-likeness (QED) is 0.811. The molecule has 23 heavy (non-hydrogen) atoms. The van der Waals surface area contributed by atoms with E-state index in [1.807, 2.05) is 12.1 Å². The summed E-state index contributed by atoms with van der Waals surface area (Å²) in [5.74, 6) is -0.332. The SMILES string of the molecule is CN(CC(=O)NCCc1ccc(Cl)cc1)S(=O)(=O)c1cccs1. The van der Waals surface area contributed by atoms with Crippen molar-refractivity contribution >= 4 is 38.9 Å². The summed E-state index contributed by atoms with van der Waals surface area (Å²) in [6.07, 6.45) is 0.657. The molecule has 124 valence electrons. The Hall–Kier alpha value is -1.41. The number of amides is 1. The van der Waals surface area contributed by atoms with Crippen LogP contribution in [-0.2, 0) is 21.2 Å². The highest BCUT2D eigenvalue weighted by molar-refractivity contribution is 7.91. The van der Waals surface area contributed by atoms with Crippen molar-refractivity contribution in [3.05, 3.63) is 52.4 Å². The minimum Gasteiger partial charge on any atom is -0.355 e. The molecule has 1 amide bonds. The van der Waals surface area contributed by atoms with E-state index in [9.17, 15) is 13.2 Å². The monoisotopic (exact) mass is 372 g/mol. The molecule has 0 saturated carbocycles. The zero-order valence-electron chi connectivity index (χ0n) is 12.5. The Labute approximate surface area is 144 Å². The van der Waals surface area contributed by atoms with Crippen LogP contribution >= 0.6 is 22.9 Å². The number of carbonyl (C=O) groups is 1. The molecule has 1 aromatic carbocycles. The van der Waals surface area contributed by atoms with Crippen molar-refractivity contribution in [2.75, 3.05) is 20.1 Å². The molecule has 1 aromatic heterocycles. The first-order valence-corrected chi connectivity index (χ1v) is 9.60. The average Bonchev–Trinajstić information content (AvgIpc) is 3.04. The molecule has 0 aliphatic carbocycles. The smallest absolute Gasteiger partial charge is 0.252 e. The summed E-state index contributed by atoms with van der Waals surface area (Å²) >= 11 is 6.94. The first kappa shape index (κ1) is 17.9. The van der Waals surface area contributed by atoms with Gasteiger partial charge in [0.25, 0.3) is 10.0 Å². The van der Waals surface area contributed by atoms with Gasteiger partial charge in [-0.1, -0.05) is 29.8 Å². The molecule has 0 unspecified atom stereocenters. The Morgan fingerprint density at radius 2 is 1.96 bits per heavy atom. The second-order valence-corrected chi connectivity index (χ2v) is 8.58. The highest BCUT2D eigenvalue weighted by Gasteiger charge is 2.23. The van der Waals surface area contributed by atoms with Gasteiger partial charge >= 0.3 is 0 Å². The molecule has 0 radical (unpaired) electrons. The van der Waals surface area contributed by atoms with Gasteiger partial charge in [-0.2, -0.15) is 4.31 Å². The maximum Gasteiger partial charge on any atom is 0.252 e. The lowest BCUT2D eigenvalue weighted by Crippen LogP contribution is -2.38. The van der Waals surface area contributed by atoms with Gasteiger partial charge in [-0.3, -0.25) is 4.79 Å². The number of likely N-dealkylation sites (N-methyl/N-ethyl adjacent to an activating group) is 1. The number of hydrogen-bond acceptors (Lipinski definition) is 4. The molecule has 1 N–H and O–H groups in total. The lowest BCUT2D eigenvalue weighted by molar-refractivity contribution is -0.121. The number of thiophene rings is 1. The molecule has 2 rings (SSSR count). The first-order valence-electron chi connectivity index (χ1n) is 6.90. The van der Waals surface area contributed by atoms with Gasteiger partial charge in [0.15, 0.2) is 0 Å². The van der Waals surface area contributed by atoms with Crippen molar-refractivity contribution < 1.29 is 13.2 Å². The maximum atomic E-state index is 12.2. The summed E-state index contributed by atoms with van der Waals surface area (Å²) < 4.78 is 25.7. The van der Waals surface area contributed by atoms with Crippen LogP contribution in [0.4, 0.5) is 0 Å². The molecule has 1 heterocycles. The molecular weight excluding hydrogens is 356 g/mol. The maximum absolute atomic E-state index is 12.2. The molecule has 8 heteroatoms. The van der Waals surface area contributed by atoms with E-state index in [1.54, 1.807) is 23.6 Å². The highest BCUT2D eigenvalue weighted by atomic mass is 35.5. The molecule has 0 fully saturated rings. The molecular formula is C15H17ClN2O3S2. The first-order chi connectivity index (χ1) is 10.9. The van der Waals surface area contributed by atoms with Crippen LogP contribution in [-0.4, -0.2) is 38.8 Å². The average molecular weight is 373 g/mol. The lowest BCUT2D eigenvalue weighted by atomic mass is 10.1. The van der Waals surface area contributed by atoms with Gasteiger partial charge in [0.1, 0.15) is 4.21 Å². The molecule has 0 aliphatic rings. The standard InChI is InChI=1S/C15H17ClN2O3S2/c1-18(23(20,21)15-3-2-10-22-15)11-14(19)17-9-8-12-4-6-13(16)7-5-12/h2-7,10H,8-9,11H2,1H3,(H,17,19). The van der Waals surface area contributed by atoms with Gasteiger partial charge in [0.05, 0.1) is 6.54 Å². The zero-order valence-corrected chi connectivity index (χ0v) is 14.9. The Morgan fingerprint density at radius 1 is 1.26 bits per heavy atom. The number of nitrogens with one attached hydrogen (secondary N) is 1. The summed E-state index contributed by atoms with van der Waals surface area (Å²) in [5, 5.41) is 5.07. The highest BCUT2D eigenvalue weighted by Crippen LogP contribution is 2.19. The third kappa shape index (κ3) is 5.04. The van der Waals surface area contributed by atoms with Crippen molar-refractivity contribution in [2.24, 2.45) is 0 Å². The lowest BCUT2D eigenvalue weighted by Gasteiger charge is -2.15. The fourth-order valence-electron chi connectivity index (χ4n) is 1.90. The third-order valence-corrected chi connectivity index (χ3v) is 6.60. The van der Waals surface area contributed by atoms with E-state index in [-0.39, 0.29) is 16.7 Å². The van der Waals surface area contributed by atoms with Crippen molar-refractivity contribution in [3.63, 3.8) is 0 Å². The van der Waals surface area contributed by atoms with Crippen LogP contribution in [0.1, 0.15) is 5.56 Å². The minimum absolute atomic E-state index is 0.207. The van der Waals surface area contributed by atoms with E-state index in [2.05, 4.69) is 5.32 Å². The number of benzene rings is 1. The van der Waals surface area contributed by atoms with Gasteiger partial charge in [0, 0.05) is 18.6 Å². The van der Waals surface area contributed by atoms with Gasteiger partial charge in [-0.05, 0) is 35.6 Å². The Balaban J connectivity index is 1.81. The molecule has 0 bridgehead atoms. The number of carbonyl (C=O) groups excluding carboxylic acids is 1. The minimum atomic E-state index is -3.60. The van der Waals surface area contributed by atoms with E-state index >= 15 is 0 Å². The van der Waals surface area contributed by atoms with Crippen LogP contribution in [0.15, 0.2) is 46.0 Å². The summed E-state index contributed by atoms with van der Waals surface area (Å²) in [4.78, 5) is 11.9. The normalized spacial score (nSPS) is 11.6. The Morgan fingerprint density at radius 3 is 2.57 bits per heavy atom. The van der Waals surface area contributed by atoms with E-state index < -0.39 is 10.0 Å². The van der Waals surface area contributed by atoms with E-state index in [1.165, 1.54) is 13.1 Å². The van der Waals surface area contributed by atoms with Crippen LogP contribution in [0.5, 0.6) is 0 Å². The van der Waals surface area contributed by atoms with Gasteiger partial charge in [-0.25, -0.2) is 8.42 Å². The Bertz CT molecular complexity index is 744. The molecule has 0 atom stereocenters. The van der Waals surface area contributed by atoms with Crippen LogP contribution in [0, 0.1) is 0 Å². The largest absolute Gasteiger partial charge is 0.355 e. The molecule has 0 spiro atoms. The summed E-state index contributed by atoms with van der Waals surface area (Å²) in [7, 11) is -2.20. The molecule has 2 aromatic rings. The van der Waals surface area contributed by atoms with Crippen LogP contribution in [0.25, 0.3) is 0 Å². The summed E-state index contributed by atoms with van der Waals surface area (Å²) in [5.41, 5.74) is 1.05. The van der Waals surface area contributed by atoms with Gasteiger partial charge in [0.2, 0.25) is 5.91 Å². The Kier molecular flexibility index (Phi) is 6.17. The van der Waals surface area contributed by atoms with Crippen LogP contribution < -0.4 is 5.32 Å². The fourth-order valence-corrected chi connectivity index (χ4v) is 4.36. The number of nitrogens with zero attached hydrogens (tertiary/aromatic N) is 1. The molecule has 5 nitrogen and oxygen atoms in total. The van der Waals surface area contributed by atoms with Crippen molar-refractivity contribution in [1.29, 1.82) is 0 Å². The number of sulfonamides is 1. The van der Waals surface area contributed by atoms with Crippen molar-refractivity contribution in [3.8, 4) is 0 Å². The van der Waals surface area contributed by atoms with Crippen LogP contribution in [0.3, 0.4) is 0 Å². The van der Waals surface area contributed by atoms with E-state index in [4.69, 9.17) is 11.6 Å². The predicted molar refractivity (Wildman–Crippen MR) is 92.3 cm³/mol. The van der Waals surface area contributed by atoms with Crippen LogP contribution in [0.2, 0.25) is 5.02 Å². The number of rotatable bonds is 7. The molecule has 0 saturated heterocycles. The van der Waals surface area contributed by atoms with Crippen molar-refractivity contribution in [2.45, 2.75) is 10.6 Å². The summed E-state index contributed by atoms with van der Waals surface area (Å²) in [6.45, 7) is 0.230. The van der Waals surface area contributed by atoms with E-state index in [0.717, 1.165) is 21.2 Å². The third-order valence-electron chi connectivity index (χ3n) is 3.17. The summed E-state index contributed by atoms with van der Waals surface area (Å²) in [6, 6.07) is 10.6. The van der Waals surface area contributed by atoms with Gasteiger partial charge < -0.3 is 5.32 Å². The fraction of sp³-hybridized carbons (Fsp3) is 0.267. The zero-order chi connectivity index (χ0) is 16.9. The second kappa shape index (κ2) is 7.92. The topological polar surface area (TPSA) is 66.5 Å². The molecule has 0 aliphatic heterocycles.